The molecule has 2 amide bonds. The van der Waals surface area contributed by atoms with E-state index in [1.165, 1.54) is 0 Å². The molecule has 0 atom stereocenters. The van der Waals surface area contributed by atoms with Crippen molar-refractivity contribution in [3.63, 3.8) is 0 Å². The molecular weight excluding hydrogens is 344 g/mol. The minimum Gasteiger partial charge on any atom is -0.494 e. The van der Waals surface area contributed by atoms with Gasteiger partial charge in [-0.05, 0) is 50.5 Å². The van der Waals surface area contributed by atoms with Crippen molar-refractivity contribution < 1.29 is 14.3 Å². The summed E-state index contributed by atoms with van der Waals surface area (Å²) in [5.41, 5.74) is 1.78. The Balaban J connectivity index is 1.82. The maximum absolute atomic E-state index is 12.8. The van der Waals surface area contributed by atoms with E-state index in [2.05, 4.69) is 22.2 Å². The van der Waals surface area contributed by atoms with Gasteiger partial charge in [0.2, 0.25) is 0 Å². The van der Waals surface area contributed by atoms with E-state index in [1.54, 1.807) is 30.3 Å². The van der Waals surface area contributed by atoms with Gasteiger partial charge in [0.15, 0.2) is 11.5 Å². The first-order valence-corrected chi connectivity index (χ1v) is 9.16. The van der Waals surface area contributed by atoms with Gasteiger partial charge in [0.25, 0.3) is 11.8 Å². The lowest BCUT2D eigenvalue weighted by atomic mass is 10.1. The summed E-state index contributed by atoms with van der Waals surface area (Å²) in [4.78, 5) is 29.5. The van der Waals surface area contributed by atoms with Crippen LogP contribution in [0.1, 0.15) is 46.6 Å². The number of carbonyl (C=O) groups excluding carboxylic acids is 2. The fourth-order valence-electron chi connectivity index (χ4n) is 3.13. The molecule has 0 saturated heterocycles. The van der Waals surface area contributed by atoms with Gasteiger partial charge >= 0.3 is 0 Å². The van der Waals surface area contributed by atoms with Crippen LogP contribution < -0.4 is 15.4 Å². The molecule has 1 aliphatic rings. The summed E-state index contributed by atoms with van der Waals surface area (Å²) in [7, 11) is 0. The van der Waals surface area contributed by atoms with Gasteiger partial charge in [-0.15, -0.1) is 6.58 Å². The van der Waals surface area contributed by atoms with Crippen molar-refractivity contribution in [1.82, 2.24) is 14.9 Å². The Labute approximate surface area is 158 Å². The maximum Gasteiger partial charge on any atom is 0.287 e. The summed E-state index contributed by atoms with van der Waals surface area (Å²) in [6, 6.07) is 7.16. The van der Waals surface area contributed by atoms with Crippen LogP contribution in [0.15, 0.2) is 36.9 Å². The lowest BCUT2D eigenvalue weighted by Crippen LogP contribution is -2.28. The van der Waals surface area contributed by atoms with Crippen molar-refractivity contribution in [2.45, 2.75) is 32.7 Å². The van der Waals surface area contributed by atoms with Crippen LogP contribution in [0.25, 0.3) is 0 Å². The van der Waals surface area contributed by atoms with E-state index in [1.807, 2.05) is 11.5 Å². The van der Waals surface area contributed by atoms with E-state index in [0.29, 0.717) is 31.1 Å². The second-order valence-corrected chi connectivity index (χ2v) is 6.25. The van der Waals surface area contributed by atoms with Gasteiger partial charge in [-0.1, -0.05) is 6.08 Å². The molecule has 0 bridgehead atoms. The molecule has 7 heteroatoms. The Kier molecular flexibility index (Phi) is 5.90. The number of fused-ring (bicyclic) bond motifs is 1. The number of nitrogens with zero attached hydrogens (tertiary/aromatic N) is 2. The number of hydrogen-bond acceptors (Lipinski definition) is 4. The number of anilines is 1. The smallest absolute Gasteiger partial charge is 0.287 e. The summed E-state index contributed by atoms with van der Waals surface area (Å²) in [6.07, 6.45) is 4.28. The predicted molar refractivity (Wildman–Crippen MR) is 103 cm³/mol. The van der Waals surface area contributed by atoms with Gasteiger partial charge in [0, 0.05) is 18.8 Å². The van der Waals surface area contributed by atoms with E-state index in [-0.39, 0.29) is 17.6 Å². The first kappa shape index (κ1) is 18.7. The topological polar surface area (TPSA) is 85.2 Å². The molecule has 142 valence electrons. The second kappa shape index (κ2) is 8.53. The molecule has 0 spiro atoms. The predicted octanol–water partition coefficient (Wildman–Crippen LogP) is 2.79. The van der Waals surface area contributed by atoms with Crippen LogP contribution in [0.3, 0.4) is 0 Å². The summed E-state index contributed by atoms with van der Waals surface area (Å²) >= 11 is 0. The van der Waals surface area contributed by atoms with Crippen molar-refractivity contribution >= 4 is 17.5 Å². The molecule has 0 unspecified atom stereocenters. The maximum atomic E-state index is 12.8. The van der Waals surface area contributed by atoms with Gasteiger partial charge in [-0.25, -0.2) is 4.98 Å². The Morgan fingerprint density at radius 1 is 1.26 bits per heavy atom. The lowest BCUT2D eigenvalue weighted by Gasteiger charge is -2.17. The zero-order chi connectivity index (χ0) is 19.2. The van der Waals surface area contributed by atoms with E-state index < -0.39 is 0 Å². The molecule has 2 aromatic rings. The van der Waals surface area contributed by atoms with Crippen molar-refractivity contribution in [1.29, 1.82) is 0 Å². The molecule has 0 fully saturated rings. The van der Waals surface area contributed by atoms with Crippen LogP contribution in [0.5, 0.6) is 5.75 Å². The van der Waals surface area contributed by atoms with Gasteiger partial charge in [-0.2, -0.15) is 0 Å². The number of ether oxygens (including phenoxy) is 1. The third-order valence-corrected chi connectivity index (χ3v) is 4.37. The average Bonchev–Trinajstić information content (AvgIpc) is 3.08. The summed E-state index contributed by atoms with van der Waals surface area (Å²) in [5, 5.41) is 5.59. The Morgan fingerprint density at radius 3 is 2.74 bits per heavy atom. The van der Waals surface area contributed by atoms with Crippen LogP contribution in [0.2, 0.25) is 0 Å². The summed E-state index contributed by atoms with van der Waals surface area (Å²) < 4.78 is 7.26. The molecule has 27 heavy (non-hydrogen) atoms. The highest BCUT2D eigenvalue weighted by Gasteiger charge is 2.27. The molecule has 1 aromatic carbocycles. The Hall–Kier alpha value is -3.09. The van der Waals surface area contributed by atoms with Crippen molar-refractivity contribution in [2.75, 3.05) is 18.5 Å². The molecule has 2 heterocycles. The lowest BCUT2D eigenvalue weighted by molar-refractivity contribution is 0.0942. The van der Waals surface area contributed by atoms with Crippen LogP contribution in [0.4, 0.5) is 5.69 Å². The zero-order valence-electron chi connectivity index (χ0n) is 15.5. The molecule has 3 rings (SSSR count). The zero-order valence-corrected chi connectivity index (χ0v) is 15.5. The van der Waals surface area contributed by atoms with Crippen molar-refractivity contribution in [3.05, 3.63) is 54.1 Å². The van der Waals surface area contributed by atoms with Gasteiger partial charge in [0.1, 0.15) is 5.75 Å². The first-order chi connectivity index (χ1) is 13.1. The molecule has 1 aromatic heterocycles. The number of nitrogens with one attached hydrogen (secondary N) is 2. The van der Waals surface area contributed by atoms with Gasteiger partial charge in [0.05, 0.1) is 12.3 Å². The average molecular weight is 368 g/mol. The highest BCUT2D eigenvalue weighted by atomic mass is 16.5. The molecule has 1 aliphatic heterocycles. The number of rotatable bonds is 7. The van der Waals surface area contributed by atoms with E-state index in [9.17, 15) is 9.59 Å². The molecule has 0 aliphatic carbocycles. The molecule has 0 saturated carbocycles. The second-order valence-electron chi connectivity index (χ2n) is 6.25. The molecule has 7 nitrogen and oxygen atoms in total. The molecule has 0 radical (unpaired) electrons. The number of amides is 2. The fraction of sp³-hybridized carbons (Fsp3) is 0.350. The van der Waals surface area contributed by atoms with Gasteiger partial charge in [-0.3, -0.25) is 9.59 Å². The Morgan fingerprint density at radius 2 is 2.04 bits per heavy atom. The normalized spacial score (nSPS) is 12.8. The first-order valence-electron chi connectivity index (χ1n) is 9.16. The Bertz CT molecular complexity index is 840. The third kappa shape index (κ3) is 4.19. The fourth-order valence-corrected chi connectivity index (χ4v) is 3.13. The largest absolute Gasteiger partial charge is 0.494 e. The highest BCUT2D eigenvalue weighted by Crippen LogP contribution is 2.23. The van der Waals surface area contributed by atoms with Crippen LogP contribution in [-0.2, 0) is 13.0 Å². The van der Waals surface area contributed by atoms with Crippen LogP contribution in [-0.4, -0.2) is 34.5 Å². The molecular formula is C20H24N4O3. The summed E-state index contributed by atoms with van der Waals surface area (Å²) in [6.45, 7) is 7.15. The van der Waals surface area contributed by atoms with Crippen molar-refractivity contribution in [3.8, 4) is 5.75 Å². The van der Waals surface area contributed by atoms with E-state index in [0.717, 1.165) is 30.7 Å². The van der Waals surface area contributed by atoms with Crippen LogP contribution in [0, 0.1) is 0 Å². The van der Waals surface area contributed by atoms with Gasteiger partial charge < -0.3 is 19.9 Å². The quantitative estimate of drug-likeness (QED) is 0.736. The number of carbonyl (C=O) groups is 2. The number of imidazole rings is 1. The van der Waals surface area contributed by atoms with E-state index >= 15 is 0 Å². The monoisotopic (exact) mass is 368 g/mol. The number of aromatic nitrogens is 2. The number of hydrogen-bond donors (Lipinski definition) is 2. The van der Waals surface area contributed by atoms with Crippen LogP contribution >= 0.6 is 0 Å². The SMILES string of the molecule is C=CCNC(=O)c1nc(C(=O)Nc2ccc(OCC)cc2)c2n1CCCC2. The minimum atomic E-state index is -0.312. The number of benzene rings is 1. The third-order valence-electron chi connectivity index (χ3n) is 4.37. The minimum absolute atomic E-state index is 0.281. The van der Waals surface area contributed by atoms with E-state index in [4.69, 9.17) is 4.74 Å². The standard InChI is InChI=1S/C20H24N4O3/c1-3-12-21-20(26)18-23-17(16-7-5-6-13-24(16)18)19(25)22-14-8-10-15(11-9-14)27-4-2/h3,8-11H,1,4-7,12-13H2,2H3,(H,21,26)(H,22,25). The molecule has 2 N–H and O–H groups in total. The highest BCUT2D eigenvalue weighted by molar-refractivity contribution is 6.05. The summed E-state index contributed by atoms with van der Waals surface area (Å²) in [5.74, 6) is 0.421. The van der Waals surface area contributed by atoms with Crippen molar-refractivity contribution in [2.24, 2.45) is 0 Å².